The van der Waals surface area contributed by atoms with Gasteiger partial charge in [0, 0.05) is 23.9 Å². The number of nitrogen functional groups attached to an aromatic ring is 1. The number of aromatic hydroxyl groups is 1. The van der Waals surface area contributed by atoms with Crippen molar-refractivity contribution < 1.29 is 28.1 Å². The summed E-state index contributed by atoms with van der Waals surface area (Å²) in [5.41, 5.74) is 7.31. The molecule has 43 heavy (non-hydrogen) atoms. The number of fused-ring (bicyclic) bond motifs is 2. The number of benzene rings is 3. The fourth-order valence-electron chi connectivity index (χ4n) is 6.12. The Hall–Kier alpha value is -4.48. The highest BCUT2D eigenvalue weighted by Crippen LogP contribution is 2.51. The number of rotatable bonds is 5. The number of anilines is 2. The number of phenols is 1. The van der Waals surface area contributed by atoms with Gasteiger partial charge in [0.25, 0.3) is 0 Å². The van der Waals surface area contributed by atoms with Crippen molar-refractivity contribution >= 4 is 44.9 Å². The van der Waals surface area contributed by atoms with Gasteiger partial charge in [0.15, 0.2) is 11.6 Å². The van der Waals surface area contributed by atoms with Crippen LogP contribution >= 0.6 is 11.6 Å². The minimum Gasteiger partial charge on any atom is -0.508 e. The van der Waals surface area contributed by atoms with Crippen molar-refractivity contribution in [1.82, 2.24) is 15.0 Å². The van der Waals surface area contributed by atoms with Gasteiger partial charge >= 0.3 is 6.01 Å². The van der Waals surface area contributed by atoms with E-state index in [1.165, 1.54) is 31.4 Å². The van der Waals surface area contributed by atoms with Gasteiger partial charge < -0.3 is 30.0 Å². The van der Waals surface area contributed by atoms with E-state index in [1.807, 2.05) is 11.0 Å². The van der Waals surface area contributed by atoms with Crippen molar-refractivity contribution in [3.05, 3.63) is 70.4 Å². The summed E-state index contributed by atoms with van der Waals surface area (Å²) < 4.78 is 49.8. The number of nitrogens with two attached hydrogens (primary N) is 1. The van der Waals surface area contributed by atoms with E-state index in [0.29, 0.717) is 41.0 Å². The lowest BCUT2D eigenvalue weighted by molar-refractivity contribution is 0.142. The maximum atomic E-state index is 17.0. The second-order valence-electron chi connectivity index (χ2n) is 10.5. The Morgan fingerprint density at radius 1 is 1.16 bits per heavy atom. The summed E-state index contributed by atoms with van der Waals surface area (Å²) in [5.74, 6) is -0.558. The first-order valence-corrected chi connectivity index (χ1v) is 14.1. The van der Waals surface area contributed by atoms with E-state index in [4.69, 9.17) is 31.5 Å². The van der Waals surface area contributed by atoms with E-state index in [0.717, 1.165) is 5.56 Å². The lowest BCUT2D eigenvalue weighted by Gasteiger charge is -2.30. The van der Waals surface area contributed by atoms with E-state index in [9.17, 15) is 5.11 Å². The molecule has 2 aliphatic heterocycles. The van der Waals surface area contributed by atoms with Crippen LogP contribution in [0.25, 0.3) is 32.8 Å². The second kappa shape index (κ2) is 10.4. The average molecular weight is 606 g/mol. The SMILES string of the molecule is CCc1c(F)ccc2cc(O)cc(-c3c(Cl)c4c5c(nc(OC)nc5c3F)N(Cc3cccnc3N)C3COCC3O4)c12. The molecule has 1 fully saturated rings. The predicted octanol–water partition coefficient (Wildman–Crippen LogP) is 5.80. The summed E-state index contributed by atoms with van der Waals surface area (Å²) in [4.78, 5) is 15.2. The Morgan fingerprint density at radius 2 is 2.00 bits per heavy atom. The topological polar surface area (TPSA) is 116 Å². The summed E-state index contributed by atoms with van der Waals surface area (Å²) in [6.07, 6.45) is 1.41. The average Bonchev–Trinajstić information content (AvgIpc) is 3.41. The zero-order valence-electron chi connectivity index (χ0n) is 23.2. The van der Waals surface area contributed by atoms with Crippen molar-refractivity contribution in [2.24, 2.45) is 0 Å². The Morgan fingerprint density at radius 3 is 2.77 bits per heavy atom. The van der Waals surface area contributed by atoms with E-state index < -0.39 is 17.7 Å². The molecule has 5 aromatic rings. The van der Waals surface area contributed by atoms with Crippen molar-refractivity contribution in [3.63, 3.8) is 0 Å². The van der Waals surface area contributed by atoms with E-state index in [2.05, 4.69) is 15.0 Å². The van der Waals surface area contributed by atoms with Gasteiger partial charge in [0.1, 0.15) is 34.8 Å². The minimum atomic E-state index is -0.795. The fourth-order valence-corrected chi connectivity index (χ4v) is 6.44. The molecule has 12 heteroatoms. The quantitative estimate of drug-likeness (QED) is 0.256. The van der Waals surface area contributed by atoms with Gasteiger partial charge in [-0.25, -0.2) is 13.8 Å². The molecule has 9 nitrogen and oxygen atoms in total. The van der Waals surface area contributed by atoms with Crippen LogP contribution in [0.5, 0.6) is 17.5 Å². The molecule has 4 heterocycles. The van der Waals surface area contributed by atoms with Crippen LogP contribution in [0.2, 0.25) is 5.02 Å². The van der Waals surface area contributed by atoms with Crippen LogP contribution < -0.4 is 20.1 Å². The zero-order valence-corrected chi connectivity index (χ0v) is 24.0. The second-order valence-corrected chi connectivity index (χ2v) is 10.9. The molecule has 2 aliphatic rings. The van der Waals surface area contributed by atoms with E-state index in [1.54, 1.807) is 19.2 Å². The number of hydrogen-bond acceptors (Lipinski definition) is 9. The first-order valence-electron chi connectivity index (χ1n) is 13.7. The summed E-state index contributed by atoms with van der Waals surface area (Å²) in [5, 5.41) is 11.8. The molecule has 2 atom stereocenters. The van der Waals surface area contributed by atoms with Gasteiger partial charge in [-0.3, -0.25) is 0 Å². The summed E-state index contributed by atoms with van der Waals surface area (Å²) in [6.45, 7) is 2.61. The summed E-state index contributed by atoms with van der Waals surface area (Å²) in [6, 6.07) is 8.94. The number of aryl methyl sites for hydroxylation is 1. The number of hydrogen-bond donors (Lipinski definition) is 2. The number of methoxy groups -OCH3 is 1. The third-order valence-electron chi connectivity index (χ3n) is 8.11. The van der Waals surface area contributed by atoms with Crippen LogP contribution in [0, 0.1) is 11.6 Å². The smallest absolute Gasteiger partial charge is 0.318 e. The Balaban J connectivity index is 1.57. The van der Waals surface area contributed by atoms with E-state index in [-0.39, 0.29) is 63.8 Å². The van der Waals surface area contributed by atoms with Gasteiger partial charge in [0.05, 0.1) is 36.8 Å². The van der Waals surface area contributed by atoms with Gasteiger partial charge in [-0.1, -0.05) is 30.7 Å². The third-order valence-corrected chi connectivity index (χ3v) is 8.47. The largest absolute Gasteiger partial charge is 0.508 e. The van der Waals surface area contributed by atoms with Crippen LogP contribution in [0.1, 0.15) is 18.1 Å². The van der Waals surface area contributed by atoms with Gasteiger partial charge in [-0.05, 0) is 52.6 Å². The summed E-state index contributed by atoms with van der Waals surface area (Å²) >= 11 is 7.07. The van der Waals surface area contributed by atoms with Crippen molar-refractivity contribution in [3.8, 4) is 28.6 Å². The summed E-state index contributed by atoms with van der Waals surface area (Å²) in [7, 11) is 1.39. The van der Waals surface area contributed by atoms with Crippen LogP contribution in [-0.2, 0) is 17.7 Å². The first-order chi connectivity index (χ1) is 20.8. The molecule has 7 rings (SSSR count). The van der Waals surface area contributed by atoms with Crippen molar-refractivity contribution in [2.45, 2.75) is 32.0 Å². The number of aromatic nitrogens is 3. The number of halogens is 3. The molecule has 0 bridgehead atoms. The third kappa shape index (κ3) is 4.25. The highest BCUT2D eigenvalue weighted by Gasteiger charge is 2.42. The standard InChI is InChI=1S/C31H26ClF2N5O4/c1-3-17-19(33)7-6-14-9-16(40)10-18(22(14)17)23-25(32)28-24-27(26(23)34)37-31(41-2)38-30(24)39(20-12-42-13-21(20)43-28)11-15-5-4-8-36-29(15)35/h4-10,20-21,40H,3,11-13H2,1-2H3,(H2,35,36). The van der Waals surface area contributed by atoms with Gasteiger partial charge in [-0.15, -0.1) is 0 Å². The van der Waals surface area contributed by atoms with Gasteiger partial charge in [0.2, 0.25) is 0 Å². The molecule has 3 N–H and O–H groups in total. The monoisotopic (exact) mass is 605 g/mol. The zero-order chi connectivity index (χ0) is 30.0. The molecular weight excluding hydrogens is 580 g/mol. The van der Waals surface area contributed by atoms with Crippen LogP contribution in [0.3, 0.4) is 0 Å². The lowest BCUT2D eigenvalue weighted by Crippen LogP contribution is -2.44. The van der Waals surface area contributed by atoms with Crippen LogP contribution in [-0.4, -0.2) is 52.5 Å². The molecular formula is C31H26ClF2N5O4. The molecule has 0 amide bonds. The van der Waals surface area contributed by atoms with Crippen LogP contribution in [0.15, 0.2) is 42.6 Å². The normalized spacial score (nSPS) is 17.7. The van der Waals surface area contributed by atoms with E-state index >= 15 is 8.78 Å². The molecule has 3 aromatic carbocycles. The molecule has 0 aliphatic carbocycles. The molecule has 220 valence electrons. The lowest BCUT2D eigenvalue weighted by atomic mass is 9.91. The first kappa shape index (κ1) is 27.4. The molecule has 0 radical (unpaired) electrons. The van der Waals surface area contributed by atoms with Crippen molar-refractivity contribution in [2.75, 3.05) is 31.0 Å². The molecule has 2 aromatic heterocycles. The molecule has 2 unspecified atom stereocenters. The minimum absolute atomic E-state index is 0.0633. The molecule has 0 saturated carbocycles. The Labute approximate surface area is 249 Å². The van der Waals surface area contributed by atoms with Crippen molar-refractivity contribution in [1.29, 1.82) is 0 Å². The highest BCUT2D eigenvalue weighted by molar-refractivity contribution is 6.37. The maximum Gasteiger partial charge on any atom is 0.318 e. The molecule has 0 spiro atoms. The number of nitrogens with zero attached hydrogens (tertiary/aromatic N) is 4. The Kier molecular flexibility index (Phi) is 6.59. The van der Waals surface area contributed by atoms with Gasteiger partial charge in [-0.2, -0.15) is 9.97 Å². The number of pyridine rings is 1. The Bertz CT molecular complexity index is 1940. The number of phenolic OH excluding ortho intramolecular Hbond substituents is 1. The fraction of sp³-hybridized carbons (Fsp3) is 0.258. The highest BCUT2D eigenvalue weighted by atomic mass is 35.5. The number of ether oxygens (including phenoxy) is 3. The maximum absolute atomic E-state index is 17.0. The predicted molar refractivity (Wildman–Crippen MR) is 159 cm³/mol. The van der Waals surface area contributed by atoms with Crippen LogP contribution in [0.4, 0.5) is 20.4 Å². The molecule has 1 saturated heterocycles.